The van der Waals surface area contributed by atoms with Crippen molar-refractivity contribution < 1.29 is 23.8 Å². The molecule has 0 saturated carbocycles. The Morgan fingerprint density at radius 2 is 1.77 bits per heavy atom. The average Bonchev–Trinajstić information content (AvgIpc) is 2.74. The van der Waals surface area contributed by atoms with Crippen molar-refractivity contribution in [3.05, 3.63) is 51.1 Å². The van der Waals surface area contributed by atoms with Crippen LogP contribution in [0.5, 0.6) is 17.2 Å². The minimum absolute atomic E-state index is 0.0233. The van der Waals surface area contributed by atoms with Crippen LogP contribution in [0.3, 0.4) is 0 Å². The maximum atomic E-state index is 13.2. The van der Waals surface area contributed by atoms with Crippen LogP contribution < -0.4 is 24.4 Å². The van der Waals surface area contributed by atoms with Crippen LogP contribution in [0.4, 0.5) is 5.69 Å². The standard InChI is InChI=1S/C22H21IN2O5S/c1-4-29-15-8-6-14(7-9-15)25-21(27)16(20(26)24-22(25)31)10-13-11-17(23)19(30-5-2)18(12-13)28-3/h6-12H,4-5H2,1-3H3,(H,24,26,31)/b16-10+. The maximum absolute atomic E-state index is 13.2. The molecule has 0 radical (unpaired) electrons. The molecule has 31 heavy (non-hydrogen) atoms. The summed E-state index contributed by atoms with van der Waals surface area (Å²) in [7, 11) is 1.54. The van der Waals surface area contributed by atoms with Gasteiger partial charge in [0, 0.05) is 0 Å². The van der Waals surface area contributed by atoms with E-state index in [0.717, 1.165) is 3.57 Å². The molecule has 1 heterocycles. The number of nitrogens with one attached hydrogen (secondary N) is 1. The lowest BCUT2D eigenvalue weighted by Gasteiger charge is -2.29. The van der Waals surface area contributed by atoms with Gasteiger partial charge in [-0.15, -0.1) is 0 Å². The van der Waals surface area contributed by atoms with Crippen LogP contribution in [0, 0.1) is 3.57 Å². The van der Waals surface area contributed by atoms with Crippen LogP contribution in [0.2, 0.25) is 0 Å². The Morgan fingerprint density at radius 1 is 1.10 bits per heavy atom. The molecule has 0 aliphatic carbocycles. The molecule has 0 bridgehead atoms. The van der Waals surface area contributed by atoms with Crippen molar-refractivity contribution >= 4 is 63.5 Å². The number of hydrogen-bond acceptors (Lipinski definition) is 6. The van der Waals surface area contributed by atoms with Gasteiger partial charge >= 0.3 is 0 Å². The number of benzene rings is 2. The van der Waals surface area contributed by atoms with Gasteiger partial charge in [-0.1, -0.05) is 0 Å². The van der Waals surface area contributed by atoms with Gasteiger partial charge in [0.15, 0.2) is 16.6 Å². The van der Waals surface area contributed by atoms with E-state index in [1.54, 1.807) is 30.3 Å². The summed E-state index contributed by atoms with van der Waals surface area (Å²) < 4.78 is 17.3. The second kappa shape index (κ2) is 10.1. The van der Waals surface area contributed by atoms with Crippen LogP contribution in [0.1, 0.15) is 19.4 Å². The van der Waals surface area contributed by atoms with Gasteiger partial charge in [-0.2, -0.15) is 0 Å². The lowest BCUT2D eigenvalue weighted by Crippen LogP contribution is -2.54. The molecule has 1 N–H and O–H groups in total. The van der Waals surface area contributed by atoms with Gasteiger partial charge in [0.05, 0.1) is 29.6 Å². The predicted octanol–water partition coefficient (Wildman–Crippen LogP) is 3.93. The Hall–Kier alpha value is -2.66. The number of nitrogens with zero attached hydrogens (tertiary/aromatic N) is 1. The second-order valence-electron chi connectivity index (χ2n) is 6.35. The van der Waals surface area contributed by atoms with Crippen molar-refractivity contribution in [3.8, 4) is 17.2 Å². The molecule has 3 rings (SSSR count). The summed E-state index contributed by atoms with van der Waals surface area (Å²) in [5, 5.41) is 2.61. The Kier molecular flexibility index (Phi) is 7.50. The summed E-state index contributed by atoms with van der Waals surface area (Å²) in [5.74, 6) is 0.742. The van der Waals surface area contributed by atoms with Gasteiger partial charge < -0.3 is 14.2 Å². The molecule has 2 amide bonds. The molecule has 0 unspecified atom stereocenters. The molecule has 1 aliphatic heterocycles. The smallest absolute Gasteiger partial charge is 0.270 e. The topological polar surface area (TPSA) is 77.1 Å². The van der Waals surface area contributed by atoms with Gasteiger partial charge in [-0.25, -0.2) is 0 Å². The Labute approximate surface area is 199 Å². The zero-order valence-corrected chi connectivity index (χ0v) is 20.2. The van der Waals surface area contributed by atoms with Crippen molar-refractivity contribution in [3.63, 3.8) is 0 Å². The van der Waals surface area contributed by atoms with E-state index < -0.39 is 11.8 Å². The number of hydrogen-bond donors (Lipinski definition) is 1. The number of halogens is 1. The fraction of sp³-hybridized carbons (Fsp3) is 0.227. The largest absolute Gasteiger partial charge is 0.494 e. The average molecular weight is 552 g/mol. The Bertz CT molecular complexity index is 1050. The molecule has 2 aromatic carbocycles. The van der Waals surface area contributed by atoms with Crippen LogP contribution in [0.15, 0.2) is 42.0 Å². The third-order valence-corrected chi connectivity index (χ3v) is 5.44. The van der Waals surface area contributed by atoms with Crippen molar-refractivity contribution in [1.29, 1.82) is 0 Å². The third-order valence-electron chi connectivity index (χ3n) is 4.36. The van der Waals surface area contributed by atoms with Gasteiger partial charge in [0.1, 0.15) is 11.3 Å². The van der Waals surface area contributed by atoms with E-state index in [1.807, 2.05) is 19.9 Å². The van der Waals surface area contributed by atoms with E-state index >= 15 is 0 Å². The van der Waals surface area contributed by atoms with Crippen LogP contribution in [0.25, 0.3) is 6.08 Å². The molecular formula is C22H21IN2O5S. The Balaban J connectivity index is 1.98. The van der Waals surface area contributed by atoms with Crippen LogP contribution in [-0.2, 0) is 9.59 Å². The number of carbonyl (C=O) groups excluding carboxylic acids is 2. The number of carbonyl (C=O) groups is 2. The number of anilines is 1. The van der Waals surface area contributed by atoms with Crippen molar-refractivity contribution in [1.82, 2.24) is 5.32 Å². The van der Waals surface area contributed by atoms with E-state index in [-0.39, 0.29) is 10.7 Å². The van der Waals surface area contributed by atoms with Gasteiger partial charge in [0.25, 0.3) is 11.8 Å². The first kappa shape index (κ1) is 23.0. The molecule has 1 aliphatic rings. The molecule has 0 atom stereocenters. The number of ether oxygens (including phenoxy) is 3. The van der Waals surface area contributed by atoms with E-state index in [1.165, 1.54) is 18.1 Å². The number of thiocarbonyl (C=S) groups is 1. The molecule has 0 aromatic heterocycles. The quantitative estimate of drug-likeness (QED) is 0.243. The second-order valence-corrected chi connectivity index (χ2v) is 7.90. The van der Waals surface area contributed by atoms with Crippen molar-refractivity contribution in [2.24, 2.45) is 0 Å². The summed E-state index contributed by atoms with van der Waals surface area (Å²) >= 11 is 7.37. The number of rotatable bonds is 7. The Morgan fingerprint density at radius 3 is 2.39 bits per heavy atom. The minimum Gasteiger partial charge on any atom is -0.494 e. The first-order valence-corrected chi connectivity index (χ1v) is 11.0. The fourth-order valence-corrected chi connectivity index (χ4v) is 4.09. The maximum Gasteiger partial charge on any atom is 0.270 e. The minimum atomic E-state index is -0.556. The van der Waals surface area contributed by atoms with E-state index in [2.05, 4.69) is 27.9 Å². The summed E-state index contributed by atoms with van der Waals surface area (Å²) in [4.78, 5) is 27.0. The van der Waals surface area contributed by atoms with Gasteiger partial charge in [-0.3, -0.25) is 19.8 Å². The number of methoxy groups -OCH3 is 1. The third kappa shape index (κ3) is 4.99. The monoisotopic (exact) mass is 552 g/mol. The highest BCUT2D eigenvalue weighted by Gasteiger charge is 2.34. The molecule has 2 aromatic rings. The van der Waals surface area contributed by atoms with E-state index in [0.29, 0.717) is 41.7 Å². The zero-order chi connectivity index (χ0) is 22.5. The molecule has 0 spiro atoms. The molecule has 9 heteroatoms. The SMILES string of the molecule is CCOc1ccc(N2C(=O)/C(=C/c3cc(I)c(OCC)c(OC)c3)C(=O)NC2=S)cc1. The molecular weight excluding hydrogens is 531 g/mol. The molecule has 1 saturated heterocycles. The number of amides is 2. The van der Waals surface area contributed by atoms with Crippen LogP contribution in [-0.4, -0.2) is 37.3 Å². The molecule has 7 nitrogen and oxygen atoms in total. The summed E-state index contributed by atoms with van der Waals surface area (Å²) in [6, 6.07) is 10.5. The van der Waals surface area contributed by atoms with Gasteiger partial charge in [-0.05, 0) is 96.7 Å². The highest BCUT2D eigenvalue weighted by atomic mass is 127. The van der Waals surface area contributed by atoms with Crippen molar-refractivity contribution in [2.75, 3.05) is 25.2 Å². The highest BCUT2D eigenvalue weighted by molar-refractivity contribution is 14.1. The summed E-state index contributed by atoms with van der Waals surface area (Å²) in [6.07, 6.45) is 1.52. The lowest BCUT2D eigenvalue weighted by atomic mass is 10.1. The summed E-state index contributed by atoms with van der Waals surface area (Å²) in [5.41, 5.74) is 1.12. The normalized spacial score (nSPS) is 15.2. The first-order valence-electron chi connectivity index (χ1n) is 9.54. The highest BCUT2D eigenvalue weighted by Crippen LogP contribution is 2.35. The van der Waals surface area contributed by atoms with Crippen molar-refractivity contribution in [2.45, 2.75) is 13.8 Å². The molecule has 162 valence electrons. The van der Waals surface area contributed by atoms with Crippen LogP contribution >= 0.6 is 34.8 Å². The lowest BCUT2D eigenvalue weighted by molar-refractivity contribution is -0.122. The molecule has 1 fully saturated rings. The van der Waals surface area contributed by atoms with Gasteiger partial charge in [0.2, 0.25) is 0 Å². The van der Waals surface area contributed by atoms with E-state index in [9.17, 15) is 9.59 Å². The van der Waals surface area contributed by atoms with E-state index in [4.69, 9.17) is 26.4 Å². The predicted molar refractivity (Wildman–Crippen MR) is 131 cm³/mol. The summed E-state index contributed by atoms with van der Waals surface area (Å²) in [6.45, 7) is 4.80. The first-order chi connectivity index (χ1) is 14.9. The fourth-order valence-electron chi connectivity index (χ4n) is 3.02. The zero-order valence-electron chi connectivity index (χ0n) is 17.2.